The lowest BCUT2D eigenvalue weighted by Crippen LogP contribution is -2.32. The lowest BCUT2D eigenvalue weighted by atomic mass is 9.66. The number of benzene rings is 8. The molecule has 0 amide bonds. The summed E-state index contributed by atoms with van der Waals surface area (Å²) in [6.07, 6.45) is 0. The van der Waals surface area contributed by atoms with Crippen molar-refractivity contribution in [3.63, 3.8) is 0 Å². The van der Waals surface area contributed by atoms with Crippen LogP contribution in [0.1, 0.15) is 22.3 Å². The monoisotopic (exact) mass is 695 g/mol. The first-order chi connectivity index (χ1) is 26.3. The van der Waals surface area contributed by atoms with Gasteiger partial charge in [0.05, 0.1) is 16.5 Å². The van der Waals surface area contributed by atoms with Gasteiger partial charge in [-0.25, -0.2) is 0 Å². The van der Waals surface area contributed by atoms with Crippen molar-refractivity contribution in [2.45, 2.75) is 5.41 Å². The zero-order chi connectivity index (χ0) is 34.7. The highest BCUT2D eigenvalue weighted by Gasteiger charge is 2.51. The van der Waals surface area contributed by atoms with Gasteiger partial charge in [-0.15, -0.1) is 11.3 Å². The van der Waals surface area contributed by atoms with Gasteiger partial charge in [0, 0.05) is 48.1 Å². The van der Waals surface area contributed by atoms with Gasteiger partial charge < -0.3 is 14.1 Å². The average molecular weight is 696 g/mol. The minimum atomic E-state index is -0.552. The van der Waals surface area contributed by atoms with Crippen LogP contribution >= 0.6 is 11.3 Å². The molecule has 0 fully saturated rings. The standard InChI is InChI=1S/C49H29NO2S/c1-2-13-30(14-3-1)50(31-25-26-34-33-16-5-11-24-46(33)53-47(34)27-31)41-20-12-23-44-48(41)36-28-35-32-15-4-6-17-37(32)49(40(35)29-45(36)52-44)38-18-7-9-21-42(38)51-43-22-10-8-19-39(43)49/h1-29H. The van der Waals surface area contributed by atoms with E-state index in [0.29, 0.717) is 0 Å². The largest absolute Gasteiger partial charge is 0.457 e. The zero-order valence-electron chi connectivity index (χ0n) is 28.4. The molecule has 2 aromatic heterocycles. The van der Waals surface area contributed by atoms with Gasteiger partial charge in [0.15, 0.2) is 0 Å². The van der Waals surface area contributed by atoms with Gasteiger partial charge in [-0.05, 0) is 89.0 Å². The fourth-order valence-electron chi connectivity index (χ4n) is 9.20. The lowest BCUT2D eigenvalue weighted by Gasteiger charge is -2.39. The molecule has 1 spiro atoms. The Kier molecular flexibility index (Phi) is 5.86. The van der Waals surface area contributed by atoms with E-state index in [4.69, 9.17) is 9.15 Å². The fraction of sp³-hybridized carbons (Fsp3) is 0.0204. The summed E-state index contributed by atoms with van der Waals surface area (Å²) in [7, 11) is 0. The molecule has 1 aliphatic heterocycles. The van der Waals surface area contributed by atoms with Gasteiger partial charge in [0.25, 0.3) is 0 Å². The maximum absolute atomic E-state index is 6.90. The number of fused-ring (bicyclic) bond motifs is 15. The highest BCUT2D eigenvalue weighted by Crippen LogP contribution is 2.63. The van der Waals surface area contributed by atoms with Crippen LogP contribution in [0.3, 0.4) is 0 Å². The molecule has 0 radical (unpaired) electrons. The van der Waals surface area contributed by atoms with Crippen molar-refractivity contribution in [3.8, 4) is 22.6 Å². The zero-order valence-corrected chi connectivity index (χ0v) is 29.2. The molecule has 0 bridgehead atoms. The average Bonchev–Trinajstić information content (AvgIpc) is 3.86. The third-order valence-corrected chi connectivity index (χ3v) is 12.4. The Bertz CT molecular complexity index is 3070. The van der Waals surface area contributed by atoms with E-state index in [1.54, 1.807) is 0 Å². The van der Waals surface area contributed by atoms with E-state index in [-0.39, 0.29) is 0 Å². The summed E-state index contributed by atoms with van der Waals surface area (Å²) in [5.74, 6) is 1.77. The molecule has 10 aromatic rings. The third kappa shape index (κ3) is 3.88. The van der Waals surface area contributed by atoms with Gasteiger partial charge in [0.1, 0.15) is 22.7 Å². The van der Waals surface area contributed by atoms with Gasteiger partial charge >= 0.3 is 0 Å². The minimum Gasteiger partial charge on any atom is -0.457 e. The van der Waals surface area contributed by atoms with Crippen LogP contribution in [0.5, 0.6) is 11.5 Å². The van der Waals surface area contributed by atoms with Crippen LogP contribution in [0.2, 0.25) is 0 Å². The number of furan rings is 1. The number of rotatable bonds is 3. The van der Waals surface area contributed by atoms with Gasteiger partial charge in [0.2, 0.25) is 0 Å². The summed E-state index contributed by atoms with van der Waals surface area (Å²) in [5.41, 5.74) is 11.7. The predicted molar refractivity (Wildman–Crippen MR) is 219 cm³/mol. The van der Waals surface area contributed by atoms with Crippen LogP contribution in [0, 0.1) is 0 Å². The van der Waals surface area contributed by atoms with Crippen LogP contribution < -0.4 is 9.64 Å². The second-order valence-corrected chi connectivity index (χ2v) is 15.1. The fourth-order valence-corrected chi connectivity index (χ4v) is 10.3. The van der Waals surface area contributed by atoms with Crippen molar-refractivity contribution < 1.29 is 9.15 Å². The van der Waals surface area contributed by atoms with E-state index >= 15 is 0 Å². The molecule has 0 atom stereocenters. The molecule has 0 unspecified atom stereocenters. The maximum atomic E-state index is 6.90. The number of hydrogen-bond acceptors (Lipinski definition) is 4. The maximum Gasteiger partial charge on any atom is 0.137 e. The van der Waals surface area contributed by atoms with E-state index in [2.05, 4.69) is 181 Å². The summed E-state index contributed by atoms with van der Waals surface area (Å²) in [5, 5.41) is 4.78. The van der Waals surface area contributed by atoms with Crippen molar-refractivity contribution in [3.05, 3.63) is 198 Å². The summed E-state index contributed by atoms with van der Waals surface area (Å²) >= 11 is 1.85. The Labute approximate surface area is 309 Å². The van der Waals surface area contributed by atoms with Crippen LogP contribution in [0.25, 0.3) is 53.2 Å². The van der Waals surface area contributed by atoms with Crippen LogP contribution in [0.4, 0.5) is 17.1 Å². The topological polar surface area (TPSA) is 25.6 Å². The number of anilines is 3. The highest BCUT2D eigenvalue weighted by atomic mass is 32.1. The van der Waals surface area contributed by atoms with E-state index in [0.717, 1.165) is 61.6 Å². The van der Waals surface area contributed by atoms with Crippen LogP contribution in [-0.2, 0) is 5.41 Å². The molecule has 3 heterocycles. The molecule has 2 aliphatic rings. The first-order valence-corrected chi connectivity index (χ1v) is 18.8. The molecule has 0 saturated carbocycles. The molecule has 0 N–H and O–H groups in total. The number of ether oxygens (including phenoxy) is 1. The Morgan fingerprint density at radius 1 is 0.434 bits per heavy atom. The molecule has 1 aliphatic carbocycles. The van der Waals surface area contributed by atoms with E-state index in [9.17, 15) is 0 Å². The summed E-state index contributed by atoms with van der Waals surface area (Å²) in [4.78, 5) is 2.38. The van der Waals surface area contributed by atoms with Crippen LogP contribution in [0.15, 0.2) is 180 Å². The first kappa shape index (κ1) is 29.0. The number of hydrogen-bond donors (Lipinski definition) is 0. The van der Waals surface area contributed by atoms with Gasteiger partial charge in [-0.3, -0.25) is 0 Å². The molecule has 4 heteroatoms. The summed E-state index contributed by atoms with van der Waals surface area (Å²) in [6, 6.07) is 63.3. The summed E-state index contributed by atoms with van der Waals surface area (Å²) < 4.78 is 16.0. The number of thiophene rings is 1. The Morgan fingerprint density at radius 3 is 1.96 bits per heavy atom. The molecule has 53 heavy (non-hydrogen) atoms. The SMILES string of the molecule is c1ccc(N(c2ccc3c(c2)sc2ccccc23)c2cccc3oc4cc5c(cc4c23)-c2ccccc2C52c3ccccc3Oc3ccccc32)cc1. The minimum absolute atomic E-state index is 0.552. The molecule has 0 saturated heterocycles. The second kappa shape index (κ2) is 10.7. The molecule has 12 rings (SSSR count). The Balaban J connectivity index is 1.14. The molecule has 248 valence electrons. The first-order valence-electron chi connectivity index (χ1n) is 18.0. The van der Waals surface area contributed by atoms with Crippen molar-refractivity contribution in [2.24, 2.45) is 0 Å². The highest BCUT2D eigenvalue weighted by molar-refractivity contribution is 7.25. The smallest absolute Gasteiger partial charge is 0.137 e. The van der Waals surface area contributed by atoms with E-state index < -0.39 is 5.41 Å². The van der Waals surface area contributed by atoms with Crippen LogP contribution in [-0.4, -0.2) is 0 Å². The summed E-state index contributed by atoms with van der Waals surface area (Å²) in [6.45, 7) is 0. The third-order valence-electron chi connectivity index (χ3n) is 11.3. The molecule has 8 aromatic carbocycles. The lowest BCUT2D eigenvalue weighted by molar-refractivity contribution is 0.436. The molecular weight excluding hydrogens is 667 g/mol. The predicted octanol–water partition coefficient (Wildman–Crippen LogP) is 13.9. The van der Waals surface area contributed by atoms with Gasteiger partial charge in [-0.1, -0.05) is 109 Å². The van der Waals surface area contributed by atoms with Crippen molar-refractivity contribution >= 4 is 70.5 Å². The molecule has 3 nitrogen and oxygen atoms in total. The molecular formula is C49H29NO2S. The van der Waals surface area contributed by atoms with Gasteiger partial charge in [-0.2, -0.15) is 0 Å². The Hall–Kier alpha value is -6.62. The number of para-hydroxylation sites is 3. The van der Waals surface area contributed by atoms with E-state index in [1.165, 1.54) is 42.4 Å². The quantitative estimate of drug-likeness (QED) is 0.184. The Morgan fingerprint density at radius 2 is 1.13 bits per heavy atom. The van der Waals surface area contributed by atoms with E-state index in [1.807, 2.05) is 11.3 Å². The normalized spacial score (nSPS) is 13.6. The van der Waals surface area contributed by atoms with Crippen molar-refractivity contribution in [1.29, 1.82) is 0 Å². The van der Waals surface area contributed by atoms with Crippen molar-refractivity contribution in [1.82, 2.24) is 0 Å². The van der Waals surface area contributed by atoms with Crippen molar-refractivity contribution in [2.75, 3.05) is 4.90 Å². The number of nitrogens with zero attached hydrogens (tertiary/aromatic N) is 1. The second-order valence-electron chi connectivity index (χ2n) is 14.0.